The number of aryl methyl sites for hydroxylation is 1. The maximum absolute atomic E-state index is 11.6. The Kier molecular flexibility index (Phi) is 2.70. The molecule has 6 heteroatoms. The molecule has 0 spiro atoms. The molecule has 0 fully saturated rings. The van der Waals surface area contributed by atoms with E-state index in [0.29, 0.717) is 16.3 Å². The smallest absolute Gasteiger partial charge is 0.345 e. The largest absolute Gasteiger partial charge is 0.398 e. The fourth-order valence-corrected chi connectivity index (χ4v) is 1.66. The number of hydrogen-bond donors (Lipinski definition) is 1. The van der Waals surface area contributed by atoms with Crippen molar-refractivity contribution in [1.82, 2.24) is 14.3 Å². The van der Waals surface area contributed by atoms with E-state index >= 15 is 0 Å². The second kappa shape index (κ2) is 4.02. The first-order chi connectivity index (χ1) is 7.59. The molecule has 0 aliphatic carbocycles. The Hall–Kier alpha value is -1.75. The summed E-state index contributed by atoms with van der Waals surface area (Å²) in [4.78, 5) is 11.6. The second-order valence-corrected chi connectivity index (χ2v) is 3.90. The van der Waals surface area contributed by atoms with Gasteiger partial charge in [-0.2, -0.15) is 5.10 Å². The topological polar surface area (TPSA) is 65.8 Å². The third-order valence-corrected chi connectivity index (χ3v) is 2.70. The van der Waals surface area contributed by atoms with Gasteiger partial charge in [0.1, 0.15) is 6.33 Å². The highest BCUT2D eigenvalue weighted by molar-refractivity contribution is 6.31. The van der Waals surface area contributed by atoms with E-state index in [4.69, 9.17) is 17.3 Å². The van der Waals surface area contributed by atoms with Gasteiger partial charge in [0.2, 0.25) is 0 Å². The molecule has 1 aromatic carbocycles. The molecule has 0 unspecified atom stereocenters. The van der Waals surface area contributed by atoms with E-state index in [-0.39, 0.29) is 12.2 Å². The lowest BCUT2D eigenvalue weighted by atomic mass is 10.2. The summed E-state index contributed by atoms with van der Waals surface area (Å²) < 4.78 is 2.71. The van der Waals surface area contributed by atoms with Crippen molar-refractivity contribution >= 4 is 17.3 Å². The lowest BCUT2D eigenvalue weighted by Gasteiger charge is -2.06. The first-order valence-corrected chi connectivity index (χ1v) is 5.08. The molecule has 0 bridgehead atoms. The first-order valence-electron chi connectivity index (χ1n) is 4.71. The van der Waals surface area contributed by atoms with Crippen LogP contribution in [0.4, 0.5) is 5.69 Å². The zero-order valence-electron chi connectivity index (χ0n) is 8.72. The van der Waals surface area contributed by atoms with Crippen LogP contribution in [0.5, 0.6) is 0 Å². The van der Waals surface area contributed by atoms with Crippen molar-refractivity contribution in [3.8, 4) is 0 Å². The van der Waals surface area contributed by atoms with Crippen molar-refractivity contribution in [1.29, 1.82) is 0 Å². The maximum atomic E-state index is 11.6. The molecule has 2 rings (SSSR count). The monoisotopic (exact) mass is 238 g/mol. The molecule has 16 heavy (non-hydrogen) atoms. The van der Waals surface area contributed by atoms with Gasteiger partial charge in [-0.05, 0) is 12.1 Å². The molecule has 0 radical (unpaired) electrons. The Labute approximate surface area is 97.1 Å². The summed E-state index contributed by atoms with van der Waals surface area (Å²) in [5, 5.41) is 4.49. The minimum atomic E-state index is -0.195. The van der Waals surface area contributed by atoms with Crippen molar-refractivity contribution in [3.63, 3.8) is 0 Å². The van der Waals surface area contributed by atoms with Crippen LogP contribution in [0.15, 0.2) is 29.3 Å². The summed E-state index contributed by atoms with van der Waals surface area (Å²) in [7, 11) is 1.64. The van der Waals surface area contributed by atoms with Gasteiger partial charge in [0, 0.05) is 23.3 Å². The van der Waals surface area contributed by atoms with Crippen molar-refractivity contribution in [2.45, 2.75) is 6.54 Å². The van der Waals surface area contributed by atoms with Crippen LogP contribution >= 0.6 is 11.6 Å². The molecular weight excluding hydrogens is 228 g/mol. The Balaban J connectivity index is 2.42. The SMILES string of the molecule is Cn1cnn(Cc2c(N)cccc2Cl)c1=O. The summed E-state index contributed by atoms with van der Waals surface area (Å²) in [5.41, 5.74) is 6.87. The lowest BCUT2D eigenvalue weighted by molar-refractivity contribution is 0.648. The van der Waals surface area contributed by atoms with E-state index in [1.807, 2.05) is 0 Å². The zero-order chi connectivity index (χ0) is 11.7. The molecule has 0 amide bonds. The van der Waals surface area contributed by atoms with Crippen molar-refractivity contribution < 1.29 is 0 Å². The molecule has 0 saturated carbocycles. The standard InChI is InChI=1S/C10H11ClN4O/c1-14-6-13-15(10(14)16)5-7-8(11)3-2-4-9(7)12/h2-4,6H,5,12H2,1H3. The van der Waals surface area contributed by atoms with Crippen molar-refractivity contribution in [3.05, 3.63) is 45.6 Å². The lowest BCUT2D eigenvalue weighted by Crippen LogP contribution is -2.23. The Morgan fingerprint density at radius 1 is 1.50 bits per heavy atom. The summed E-state index contributed by atoms with van der Waals surface area (Å²) in [5.74, 6) is 0. The fraction of sp³-hybridized carbons (Fsp3) is 0.200. The Morgan fingerprint density at radius 2 is 2.25 bits per heavy atom. The second-order valence-electron chi connectivity index (χ2n) is 3.49. The summed E-state index contributed by atoms with van der Waals surface area (Å²) in [6, 6.07) is 5.25. The highest BCUT2D eigenvalue weighted by atomic mass is 35.5. The van der Waals surface area contributed by atoms with Crippen LogP contribution in [0.1, 0.15) is 5.56 Å². The van der Waals surface area contributed by atoms with E-state index in [9.17, 15) is 4.79 Å². The normalized spacial score (nSPS) is 10.6. The van der Waals surface area contributed by atoms with Crippen LogP contribution in [-0.4, -0.2) is 14.3 Å². The molecule has 2 N–H and O–H groups in total. The number of halogens is 1. The van der Waals surface area contributed by atoms with Crippen molar-refractivity contribution in [2.75, 3.05) is 5.73 Å². The number of nitrogens with zero attached hydrogens (tertiary/aromatic N) is 3. The van der Waals surface area contributed by atoms with E-state index < -0.39 is 0 Å². The van der Waals surface area contributed by atoms with Crippen LogP contribution in [-0.2, 0) is 13.6 Å². The average molecular weight is 239 g/mol. The maximum Gasteiger partial charge on any atom is 0.345 e. The minimum Gasteiger partial charge on any atom is -0.398 e. The number of aromatic nitrogens is 3. The Bertz CT molecular complexity index is 552. The third-order valence-electron chi connectivity index (χ3n) is 2.35. The number of hydrogen-bond acceptors (Lipinski definition) is 3. The molecule has 5 nitrogen and oxygen atoms in total. The van der Waals surface area contributed by atoms with Gasteiger partial charge < -0.3 is 5.73 Å². The number of anilines is 1. The number of benzene rings is 1. The quantitative estimate of drug-likeness (QED) is 0.790. The van der Waals surface area contributed by atoms with Crippen LogP contribution in [0, 0.1) is 0 Å². The average Bonchev–Trinajstić information content (AvgIpc) is 2.55. The molecule has 0 saturated heterocycles. The Morgan fingerprint density at radius 3 is 2.81 bits per heavy atom. The number of nitrogen functional groups attached to an aromatic ring is 1. The first kappa shape index (κ1) is 10.8. The van der Waals surface area contributed by atoms with E-state index in [2.05, 4.69) is 5.10 Å². The summed E-state index contributed by atoms with van der Waals surface area (Å²) >= 11 is 6.01. The number of rotatable bonds is 2. The van der Waals surface area contributed by atoms with Gasteiger partial charge in [0.25, 0.3) is 0 Å². The molecular formula is C10H11ClN4O. The highest BCUT2D eigenvalue weighted by Gasteiger charge is 2.08. The fourth-order valence-electron chi connectivity index (χ4n) is 1.42. The van der Waals surface area contributed by atoms with E-state index in [1.54, 1.807) is 25.2 Å². The van der Waals surface area contributed by atoms with Crippen LogP contribution < -0.4 is 11.4 Å². The summed E-state index contributed by atoms with van der Waals surface area (Å²) in [6.07, 6.45) is 1.45. The molecule has 0 atom stereocenters. The zero-order valence-corrected chi connectivity index (χ0v) is 9.48. The van der Waals surface area contributed by atoms with Gasteiger partial charge in [0.05, 0.1) is 6.54 Å². The minimum absolute atomic E-state index is 0.195. The predicted molar refractivity (Wildman–Crippen MR) is 62.4 cm³/mol. The van der Waals surface area contributed by atoms with Gasteiger partial charge in [0.15, 0.2) is 0 Å². The van der Waals surface area contributed by atoms with Crippen LogP contribution in [0.2, 0.25) is 5.02 Å². The molecule has 0 aliphatic rings. The molecule has 84 valence electrons. The van der Waals surface area contributed by atoms with Gasteiger partial charge in [-0.1, -0.05) is 17.7 Å². The van der Waals surface area contributed by atoms with Gasteiger partial charge >= 0.3 is 5.69 Å². The van der Waals surface area contributed by atoms with Crippen LogP contribution in [0.3, 0.4) is 0 Å². The molecule has 1 aromatic heterocycles. The third kappa shape index (κ3) is 1.81. The van der Waals surface area contributed by atoms with Gasteiger partial charge in [-0.3, -0.25) is 4.57 Å². The highest BCUT2D eigenvalue weighted by Crippen LogP contribution is 2.22. The molecule has 0 aliphatic heterocycles. The molecule has 2 aromatic rings. The molecule has 1 heterocycles. The van der Waals surface area contributed by atoms with E-state index in [0.717, 1.165) is 0 Å². The summed E-state index contributed by atoms with van der Waals surface area (Å²) in [6.45, 7) is 0.283. The number of nitrogens with two attached hydrogens (primary N) is 1. The van der Waals surface area contributed by atoms with Crippen LogP contribution in [0.25, 0.3) is 0 Å². The van der Waals surface area contributed by atoms with Crippen molar-refractivity contribution in [2.24, 2.45) is 7.05 Å². The predicted octanol–water partition coefficient (Wildman–Crippen LogP) is 0.866. The van der Waals surface area contributed by atoms with Gasteiger partial charge in [-0.15, -0.1) is 0 Å². The van der Waals surface area contributed by atoms with E-state index in [1.165, 1.54) is 15.6 Å². The van der Waals surface area contributed by atoms with Gasteiger partial charge in [-0.25, -0.2) is 9.48 Å².